The third-order valence-corrected chi connectivity index (χ3v) is 6.18. The fourth-order valence-electron chi connectivity index (χ4n) is 4.38. The van der Waals surface area contributed by atoms with Gasteiger partial charge in [0.15, 0.2) is 12.1 Å². The van der Waals surface area contributed by atoms with Gasteiger partial charge in [-0.1, -0.05) is 31.4 Å². The van der Waals surface area contributed by atoms with Crippen molar-refractivity contribution in [3.63, 3.8) is 0 Å². The zero-order valence-corrected chi connectivity index (χ0v) is 21.1. The Hall–Kier alpha value is -1.90. The Kier molecular flexibility index (Phi) is 8.59. The van der Waals surface area contributed by atoms with Crippen molar-refractivity contribution in [2.45, 2.75) is 104 Å². The lowest BCUT2D eigenvalue weighted by Crippen LogP contribution is -2.46. The summed E-state index contributed by atoms with van der Waals surface area (Å²) in [6.45, 7) is 9.48. The normalized spacial score (nSPS) is 22.8. The van der Waals surface area contributed by atoms with Crippen LogP contribution in [0.15, 0.2) is 22.4 Å². The first-order chi connectivity index (χ1) is 15.6. The lowest BCUT2D eigenvalue weighted by Gasteiger charge is -2.32. The minimum atomic E-state index is -0.641. The Morgan fingerprint density at radius 2 is 2.06 bits per heavy atom. The summed E-state index contributed by atoms with van der Waals surface area (Å²) < 4.78 is 13.5. The first kappa shape index (κ1) is 25.7. The molecule has 3 rings (SSSR count). The summed E-state index contributed by atoms with van der Waals surface area (Å²) in [5.41, 5.74) is 0.898. The van der Waals surface area contributed by atoms with Crippen molar-refractivity contribution in [3.8, 4) is 0 Å². The van der Waals surface area contributed by atoms with Gasteiger partial charge in [0.25, 0.3) is 0 Å². The molecule has 0 aromatic carbocycles. The van der Waals surface area contributed by atoms with Crippen LogP contribution in [0.5, 0.6) is 0 Å². The highest BCUT2D eigenvalue weighted by Gasteiger charge is 2.37. The molecule has 33 heavy (non-hydrogen) atoms. The van der Waals surface area contributed by atoms with Crippen molar-refractivity contribution < 1.29 is 19.4 Å². The van der Waals surface area contributed by atoms with E-state index in [9.17, 15) is 9.90 Å². The van der Waals surface area contributed by atoms with E-state index in [-0.39, 0.29) is 25.0 Å². The van der Waals surface area contributed by atoms with Crippen molar-refractivity contribution in [2.24, 2.45) is 4.99 Å². The molecule has 2 fully saturated rings. The zero-order chi connectivity index (χ0) is 24.2. The highest BCUT2D eigenvalue weighted by Crippen LogP contribution is 2.32. The van der Waals surface area contributed by atoms with Gasteiger partial charge < -0.3 is 14.6 Å². The summed E-state index contributed by atoms with van der Waals surface area (Å²) in [4.78, 5) is 19.8. The van der Waals surface area contributed by atoms with E-state index in [1.54, 1.807) is 15.8 Å². The Balaban J connectivity index is 2.05. The van der Waals surface area contributed by atoms with Crippen molar-refractivity contribution in [1.82, 2.24) is 14.7 Å². The van der Waals surface area contributed by atoms with E-state index in [0.717, 1.165) is 50.6 Å². The summed E-state index contributed by atoms with van der Waals surface area (Å²) in [5.74, 6) is 0.450. The van der Waals surface area contributed by atoms with Gasteiger partial charge in [-0.05, 0) is 65.9 Å². The van der Waals surface area contributed by atoms with Gasteiger partial charge in [0.05, 0.1) is 24.5 Å². The number of aliphatic hydroxyl groups is 1. The third kappa shape index (κ3) is 6.37. The van der Waals surface area contributed by atoms with Crippen molar-refractivity contribution in [1.29, 1.82) is 0 Å². The molecular formula is C24H37ClN4O4. The number of rotatable bonds is 6. The number of aliphatic hydroxyl groups excluding tert-OH is 1. The van der Waals surface area contributed by atoms with E-state index in [4.69, 9.17) is 26.1 Å². The first-order valence-corrected chi connectivity index (χ1v) is 12.3. The fourth-order valence-corrected chi connectivity index (χ4v) is 4.61. The van der Waals surface area contributed by atoms with Gasteiger partial charge in [-0.15, -0.1) is 0 Å². The second-order valence-electron chi connectivity index (χ2n) is 9.72. The monoisotopic (exact) mass is 480 g/mol. The maximum Gasteiger partial charge on any atom is 0.416 e. The van der Waals surface area contributed by atoms with Crippen molar-refractivity contribution in [3.05, 3.63) is 28.7 Å². The molecule has 0 spiro atoms. The number of hydrogen-bond donors (Lipinski definition) is 1. The van der Waals surface area contributed by atoms with Crippen molar-refractivity contribution in [2.75, 3.05) is 6.61 Å². The summed E-state index contributed by atoms with van der Waals surface area (Å²) in [6, 6.07) is -0.0195. The van der Waals surface area contributed by atoms with E-state index in [1.165, 1.54) is 0 Å². The summed E-state index contributed by atoms with van der Waals surface area (Å²) in [6.07, 6.45) is 8.76. The quantitative estimate of drug-likeness (QED) is 0.340. The second-order valence-corrected chi connectivity index (χ2v) is 10.1. The summed E-state index contributed by atoms with van der Waals surface area (Å²) in [5, 5.41) is 14.3. The van der Waals surface area contributed by atoms with E-state index in [0.29, 0.717) is 16.6 Å². The molecule has 0 bridgehead atoms. The number of halogens is 1. The lowest BCUT2D eigenvalue weighted by molar-refractivity contribution is -0.0291. The molecule has 184 valence electrons. The number of carbonyl (C=O) groups is 1. The third-order valence-electron chi connectivity index (χ3n) is 5.94. The number of aromatic nitrogens is 2. The van der Waals surface area contributed by atoms with Gasteiger partial charge in [-0.3, -0.25) is 4.90 Å². The molecule has 1 N–H and O–H groups in total. The number of nitrogens with zero attached hydrogens (tertiary/aromatic N) is 4. The van der Waals surface area contributed by atoms with Gasteiger partial charge >= 0.3 is 6.09 Å². The largest absolute Gasteiger partial charge is 0.443 e. The van der Waals surface area contributed by atoms with Gasteiger partial charge in [0.1, 0.15) is 10.8 Å². The number of ether oxygens (including phenoxy) is 2. The maximum atomic E-state index is 13.4. The number of amidine groups is 1. The van der Waals surface area contributed by atoms with Gasteiger partial charge in [-0.25, -0.2) is 14.5 Å². The average Bonchev–Trinajstić information content (AvgIpc) is 3.47. The number of amides is 1. The van der Waals surface area contributed by atoms with Crippen LogP contribution in [0, 0.1) is 6.92 Å². The highest BCUT2D eigenvalue weighted by atomic mass is 35.5. The average molecular weight is 481 g/mol. The molecule has 1 saturated carbocycles. The Morgan fingerprint density at radius 3 is 2.64 bits per heavy atom. The predicted octanol–water partition coefficient (Wildman–Crippen LogP) is 5.28. The molecule has 1 amide bonds. The lowest BCUT2D eigenvalue weighted by atomic mass is 10.1. The van der Waals surface area contributed by atoms with Gasteiger partial charge in [0.2, 0.25) is 0 Å². The standard InChI is InChI=1S/C24H37ClN4O4/c1-6-9-20(25)27-22(28(17-10-7-8-11-17)23(31)33-24(3,4)5)19-14-26-29(16(19)2)21-13-12-18(15-30)32-21/h9,14,17-18,21,30H,6-8,10-13,15H2,1-5H3/b20-9+,27-22?. The van der Waals surface area contributed by atoms with Crippen molar-refractivity contribution >= 4 is 23.5 Å². The van der Waals surface area contributed by atoms with E-state index in [2.05, 4.69) is 5.10 Å². The molecule has 1 aromatic rings. The van der Waals surface area contributed by atoms with Crippen LogP contribution in [0.4, 0.5) is 4.79 Å². The molecule has 1 saturated heterocycles. The van der Waals surface area contributed by atoms with Crippen LogP contribution in [-0.2, 0) is 9.47 Å². The zero-order valence-electron chi connectivity index (χ0n) is 20.4. The molecule has 1 aromatic heterocycles. The molecule has 1 aliphatic heterocycles. The van der Waals surface area contributed by atoms with E-state index >= 15 is 0 Å². The Labute approximate surface area is 201 Å². The van der Waals surface area contributed by atoms with E-state index < -0.39 is 11.7 Å². The van der Waals surface area contributed by atoms with Crippen LogP contribution in [0.3, 0.4) is 0 Å². The molecule has 8 nitrogen and oxygen atoms in total. The van der Waals surface area contributed by atoms with Crippen LogP contribution in [-0.4, -0.2) is 56.1 Å². The van der Waals surface area contributed by atoms with Crippen LogP contribution >= 0.6 is 11.6 Å². The topological polar surface area (TPSA) is 89.2 Å². The molecule has 2 aliphatic rings. The number of aliphatic imine (C=N–C) groups is 1. The molecule has 9 heteroatoms. The summed E-state index contributed by atoms with van der Waals surface area (Å²) in [7, 11) is 0. The first-order valence-electron chi connectivity index (χ1n) is 11.9. The number of allylic oxidation sites excluding steroid dienone is 1. The minimum absolute atomic E-state index is 0.0120. The molecule has 0 radical (unpaired) electrons. The molecular weight excluding hydrogens is 444 g/mol. The smallest absolute Gasteiger partial charge is 0.416 e. The fraction of sp³-hybridized carbons (Fsp3) is 0.708. The van der Waals surface area contributed by atoms with Gasteiger partial charge in [-0.2, -0.15) is 5.10 Å². The van der Waals surface area contributed by atoms with Crippen LogP contribution in [0.25, 0.3) is 0 Å². The van der Waals surface area contributed by atoms with Crippen LogP contribution in [0.1, 0.15) is 90.1 Å². The number of carbonyl (C=O) groups excluding carboxylic acids is 1. The number of hydrogen-bond acceptors (Lipinski definition) is 6. The minimum Gasteiger partial charge on any atom is -0.443 e. The Bertz CT molecular complexity index is 884. The molecule has 2 heterocycles. The van der Waals surface area contributed by atoms with Gasteiger partial charge in [0, 0.05) is 11.7 Å². The maximum absolute atomic E-state index is 13.4. The predicted molar refractivity (Wildman–Crippen MR) is 128 cm³/mol. The van der Waals surface area contributed by atoms with Crippen LogP contribution < -0.4 is 0 Å². The van der Waals surface area contributed by atoms with Crippen LogP contribution in [0.2, 0.25) is 0 Å². The molecule has 2 unspecified atom stereocenters. The second kappa shape index (κ2) is 11.0. The Morgan fingerprint density at radius 1 is 1.36 bits per heavy atom. The molecule has 1 aliphatic carbocycles. The SMILES string of the molecule is CC/C=C(\Cl)N=C(c1cnn(C2CCC(CO)O2)c1C)N(C(=O)OC(C)(C)C)C1CCCC1. The molecule has 2 atom stereocenters. The highest BCUT2D eigenvalue weighted by molar-refractivity contribution is 6.30. The van der Waals surface area contributed by atoms with E-state index in [1.807, 2.05) is 40.7 Å². The summed E-state index contributed by atoms with van der Waals surface area (Å²) >= 11 is 6.45.